The van der Waals surface area contributed by atoms with Gasteiger partial charge in [-0.25, -0.2) is 9.78 Å². The molecule has 20 heavy (non-hydrogen) atoms. The van der Waals surface area contributed by atoms with Crippen LogP contribution >= 0.6 is 0 Å². The SMILES string of the molecule is COC(=O)c1nc(C)cc(OCC2(N)CCCCC2)n1. The maximum Gasteiger partial charge on any atom is 0.376 e. The van der Waals surface area contributed by atoms with Crippen molar-refractivity contribution in [1.82, 2.24) is 9.97 Å². The van der Waals surface area contributed by atoms with Crippen molar-refractivity contribution in [1.29, 1.82) is 0 Å². The van der Waals surface area contributed by atoms with Crippen LogP contribution in [-0.2, 0) is 4.74 Å². The fourth-order valence-corrected chi connectivity index (χ4v) is 2.41. The van der Waals surface area contributed by atoms with Crippen LogP contribution < -0.4 is 10.5 Å². The van der Waals surface area contributed by atoms with Crippen molar-refractivity contribution >= 4 is 5.97 Å². The molecule has 1 aromatic rings. The Balaban J connectivity index is 2.05. The second-order valence-corrected chi connectivity index (χ2v) is 5.37. The van der Waals surface area contributed by atoms with E-state index in [2.05, 4.69) is 14.7 Å². The summed E-state index contributed by atoms with van der Waals surface area (Å²) in [5, 5.41) is 0. The van der Waals surface area contributed by atoms with Gasteiger partial charge >= 0.3 is 5.97 Å². The number of hydrogen-bond donors (Lipinski definition) is 1. The van der Waals surface area contributed by atoms with Crippen LogP contribution in [0.2, 0.25) is 0 Å². The number of nitrogens with two attached hydrogens (primary N) is 1. The van der Waals surface area contributed by atoms with E-state index in [1.165, 1.54) is 13.5 Å². The summed E-state index contributed by atoms with van der Waals surface area (Å²) < 4.78 is 10.3. The van der Waals surface area contributed by atoms with Crippen molar-refractivity contribution in [2.75, 3.05) is 13.7 Å². The van der Waals surface area contributed by atoms with E-state index in [-0.39, 0.29) is 11.4 Å². The Hall–Kier alpha value is -1.69. The van der Waals surface area contributed by atoms with E-state index in [4.69, 9.17) is 10.5 Å². The van der Waals surface area contributed by atoms with E-state index in [1.54, 1.807) is 13.0 Å². The molecule has 0 unspecified atom stereocenters. The summed E-state index contributed by atoms with van der Waals surface area (Å²) in [6, 6.07) is 1.69. The molecule has 1 heterocycles. The third-order valence-electron chi connectivity index (χ3n) is 3.56. The van der Waals surface area contributed by atoms with Gasteiger partial charge in [-0.1, -0.05) is 19.3 Å². The largest absolute Gasteiger partial charge is 0.476 e. The molecule has 1 fully saturated rings. The zero-order chi connectivity index (χ0) is 14.6. The number of carbonyl (C=O) groups excluding carboxylic acids is 1. The Morgan fingerprint density at radius 2 is 2.05 bits per heavy atom. The third kappa shape index (κ3) is 3.66. The lowest BCUT2D eigenvalue weighted by molar-refractivity contribution is 0.0584. The van der Waals surface area contributed by atoms with Crippen LogP contribution in [0.25, 0.3) is 0 Å². The maximum absolute atomic E-state index is 11.5. The Labute approximate surface area is 118 Å². The molecular formula is C14H21N3O3. The fraction of sp³-hybridized carbons (Fsp3) is 0.643. The molecule has 2 rings (SSSR count). The molecule has 0 amide bonds. The molecule has 0 bridgehead atoms. The Morgan fingerprint density at radius 1 is 1.35 bits per heavy atom. The average Bonchev–Trinajstić information content (AvgIpc) is 2.45. The lowest BCUT2D eigenvalue weighted by atomic mass is 9.83. The lowest BCUT2D eigenvalue weighted by Crippen LogP contribution is -2.47. The number of esters is 1. The molecule has 6 heteroatoms. The number of carbonyl (C=O) groups is 1. The number of ether oxygens (including phenoxy) is 2. The summed E-state index contributed by atoms with van der Waals surface area (Å²) >= 11 is 0. The molecule has 0 spiro atoms. The van der Waals surface area contributed by atoms with E-state index < -0.39 is 5.97 Å². The minimum absolute atomic E-state index is 0.0113. The smallest absolute Gasteiger partial charge is 0.376 e. The lowest BCUT2D eigenvalue weighted by Gasteiger charge is -2.32. The van der Waals surface area contributed by atoms with E-state index in [0.717, 1.165) is 25.7 Å². The van der Waals surface area contributed by atoms with Crippen molar-refractivity contribution in [3.63, 3.8) is 0 Å². The van der Waals surface area contributed by atoms with Gasteiger partial charge in [-0.2, -0.15) is 4.98 Å². The normalized spacial score (nSPS) is 17.6. The quantitative estimate of drug-likeness (QED) is 0.842. The molecular weight excluding hydrogens is 258 g/mol. The molecule has 0 aromatic carbocycles. The molecule has 1 aromatic heterocycles. The van der Waals surface area contributed by atoms with Crippen molar-refractivity contribution in [2.24, 2.45) is 5.73 Å². The van der Waals surface area contributed by atoms with Crippen LogP contribution in [0.4, 0.5) is 0 Å². The highest BCUT2D eigenvalue weighted by Crippen LogP contribution is 2.26. The summed E-state index contributed by atoms with van der Waals surface area (Å²) in [4.78, 5) is 19.5. The molecule has 6 nitrogen and oxygen atoms in total. The Bertz CT molecular complexity index is 485. The van der Waals surface area contributed by atoms with Crippen molar-refractivity contribution < 1.29 is 14.3 Å². The van der Waals surface area contributed by atoms with Crippen LogP contribution in [0, 0.1) is 6.92 Å². The van der Waals surface area contributed by atoms with E-state index in [0.29, 0.717) is 18.2 Å². The zero-order valence-electron chi connectivity index (χ0n) is 12.0. The number of rotatable bonds is 4. The second-order valence-electron chi connectivity index (χ2n) is 5.37. The number of methoxy groups -OCH3 is 1. The third-order valence-corrected chi connectivity index (χ3v) is 3.56. The van der Waals surface area contributed by atoms with Crippen LogP contribution in [0.5, 0.6) is 5.88 Å². The Morgan fingerprint density at radius 3 is 2.70 bits per heavy atom. The molecule has 110 valence electrons. The van der Waals surface area contributed by atoms with Gasteiger partial charge < -0.3 is 15.2 Å². The van der Waals surface area contributed by atoms with Crippen LogP contribution in [0.1, 0.15) is 48.4 Å². The van der Waals surface area contributed by atoms with E-state index in [9.17, 15) is 4.79 Å². The standard InChI is InChI=1S/C14H21N3O3/c1-10-8-11(17-12(16-10)13(18)19-2)20-9-14(15)6-4-3-5-7-14/h8H,3-7,9,15H2,1-2H3. The topological polar surface area (TPSA) is 87.3 Å². The van der Waals surface area contributed by atoms with Gasteiger partial charge in [0, 0.05) is 11.8 Å². The summed E-state index contributed by atoms with van der Waals surface area (Å²) in [5.74, 6) is -0.191. The summed E-state index contributed by atoms with van der Waals surface area (Å²) in [6.45, 7) is 2.18. The predicted octanol–water partition coefficient (Wildman–Crippen LogP) is 1.61. The van der Waals surface area contributed by atoms with Crippen molar-refractivity contribution in [3.05, 3.63) is 17.6 Å². The van der Waals surface area contributed by atoms with Crippen LogP contribution in [-0.4, -0.2) is 35.2 Å². The first-order valence-electron chi connectivity index (χ1n) is 6.88. The summed E-state index contributed by atoms with van der Waals surface area (Å²) in [5.41, 5.74) is 6.68. The number of aromatic nitrogens is 2. The van der Waals surface area contributed by atoms with Gasteiger partial charge in [0.25, 0.3) is 0 Å². The predicted molar refractivity (Wildman–Crippen MR) is 73.6 cm³/mol. The summed E-state index contributed by atoms with van der Waals surface area (Å²) in [7, 11) is 1.30. The van der Waals surface area contributed by atoms with Gasteiger partial charge in [0.1, 0.15) is 6.61 Å². The van der Waals surface area contributed by atoms with Crippen LogP contribution in [0.3, 0.4) is 0 Å². The van der Waals surface area contributed by atoms with Gasteiger partial charge in [-0.15, -0.1) is 0 Å². The van der Waals surface area contributed by atoms with E-state index >= 15 is 0 Å². The molecule has 0 saturated heterocycles. The number of aryl methyl sites for hydroxylation is 1. The molecule has 1 saturated carbocycles. The average molecular weight is 279 g/mol. The second kappa shape index (κ2) is 6.17. The molecule has 1 aliphatic rings. The highest BCUT2D eigenvalue weighted by molar-refractivity contribution is 5.85. The van der Waals surface area contributed by atoms with Gasteiger partial charge in [0.15, 0.2) is 0 Å². The van der Waals surface area contributed by atoms with E-state index in [1.807, 2.05) is 0 Å². The van der Waals surface area contributed by atoms with Crippen LogP contribution in [0.15, 0.2) is 6.07 Å². The van der Waals surface area contributed by atoms with Gasteiger partial charge in [0.05, 0.1) is 12.6 Å². The first-order chi connectivity index (χ1) is 9.52. The first-order valence-corrected chi connectivity index (χ1v) is 6.88. The molecule has 1 aliphatic carbocycles. The molecule has 2 N–H and O–H groups in total. The van der Waals surface area contributed by atoms with Crippen molar-refractivity contribution in [2.45, 2.75) is 44.6 Å². The zero-order valence-corrected chi connectivity index (χ0v) is 12.0. The molecule has 0 aliphatic heterocycles. The summed E-state index contributed by atoms with van der Waals surface area (Å²) in [6.07, 6.45) is 5.42. The maximum atomic E-state index is 11.5. The van der Waals surface area contributed by atoms with Gasteiger partial charge in [-0.05, 0) is 19.8 Å². The minimum atomic E-state index is -0.571. The number of hydrogen-bond acceptors (Lipinski definition) is 6. The van der Waals surface area contributed by atoms with Gasteiger partial charge in [-0.3, -0.25) is 0 Å². The highest BCUT2D eigenvalue weighted by Gasteiger charge is 2.28. The monoisotopic (exact) mass is 279 g/mol. The Kier molecular flexibility index (Phi) is 4.54. The fourth-order valence-electron chi connectivity index (χ4n) is 2.41. The highest BCUT2D eigenvalue weighted by atomic mass is 16.5. The van der Waals surface area contributed by atoms with Crippen molar-refractivity contribution in [3.8, 4) is 5.88 Å². The number of nitrogens with zero attached hydrogens (tertiary/aromatic N) is 2. The molecule has 0 radical (unpaired) electrons. The van der Waals surface area contributed by atoms with Gasteiger partial charge in [0.2, 0.25) is 11.7 Å². The minimum Gasteiger partial charge on any atom is -0.476 e. The first kappa shape index (κ1) is 14.7. The molecule has 0 atom stereocenters.